The molecule has 0 unspecified atom stereocenters. The van der Waals surface area contributed by atoms with Gasteiger partial charge in [-0.05, 0) is 30.0 Å². The van der Waals surface area contributed by atoms with Gasteiger partial charge in [0.2, 0.25) is 5.91 Å². The number of benzene rings is 1. The lowest BCUT2D eigenvalue weighted by atomic mass is 10.1. The highest BCUT2D eigenvalue weighted by molar-refractivity contribution is 7.91. The molecule has 2 rings (SSSR count). The molecule has 0 radical (unpaired) electrons. The lowest BCUT2D eigenvalue weighted by Gasteiger charge is -2.10. The molecule has 0 bridgehead atoms. The van der Waals surface area contributed by atoms with Gasteiger partial charge in [-0.15, -0.1) is 0 Å². The van der Waals surface area contributed by atoms with Crippen molar-refractivity contribution in [1.82, 2.24) is 5.32 Å². The molecule has 1 aliphatic heterocycles. The largest absolute Gasteiger partial charge is 0.352 e. The zero-order valence-electron chi connectivity index (χ0n) is 10.7. The maximum absolute atomic E-state index is 11.8. The maximum atomic E-state index is 11.8. The number of hydrogen-bond donors (Lipinski definition) is 1. The van der Waals surface area contributed by atoms with Crippen LogP contribution in [0.5, 0.6) is 0 Å². The van der Waals surface area contributed by atoms with E-state index in [0.717, 1.165) is 5.56 Å². The summed E-state index contributed by atoms with van der Waals surface area (Å²) in [5, 5.41) is 3.80. The fraction of sp³-hybridized carbons (Fsp3) is 0.462. The molecule has 20 heavy (non-hydrogen) atoms. The van der Waals surface area contributed by atoms with E-state index in [1.165, 1.54) is 0 Å². The first-order valence-electron chi connectivity index (χ1n) is 6.27. The van der Waals surface area contributed by atoms with Crippen LogP contribution in [0.15, 0.2) is 18.2 Å². The van der Waals surface area contributed by atoms with Gasteiger partial charge in [-0.1, -0.05) is 29.3 Å². The van der Waals surface area contributed by atoms with Gasteiger partial charge >= 0.3 is 0 Å². The van der Waals surface area contributed by atoms with Gasteiger partial charge in [-0.2, -0.15) is 0 Å². The van der Waals surface area contributed by atoms with Crippen LogP contribution in [0.3, 0.4) is 0 Å². The molecular formula is C13H15Cl2NO3S. The van der Waals surface area contributed by atoms with E-state index in [0.29, 0.717) is 23.0 Å². The molecule has 0 saturated carbocycles. The zero-order valence-corrected chi connectivity index (χ0v) is 13.1. The van der Waals surface area contributed by atoms with Gasteiger partial charge in [0.25, 0.3) is 0 Å². The fourth-order valence-electron chi connectivity index (χ4n) is 2.23. The van der Waals surface area contributed by atoms with Crippen molar-refractivity contribution < 1.29 is 13.2 Å². The summed E-state index contributed by atoms with van der Waals surface area (Å²) in [6.07, 6.45) is 0.807. The Morgan fingerprint density at radius 2 is 2.10 bits per heavy atom. The van der Waals surface area contributed by atoms with E-state index in [1.807, 2.05) is 0 Å². The van der Waals surface area contributed by atoms with Crippen molar-refractivity contribution in [3.8, 4) is 0 Å². The second-order valence-electron chi connectivity index (χ2n) is 4.99. The second kappa shape index (κ2) is 6.33. The predicted molar refractivity (Wildman–Crippen MR) is 79.7 cm³/mol. The second-order valence-corrected chi connectivity index (χ2v) is 8.06. The van der Waals surface area contributed by atoms with Gasteiger partial charge in [0, 0.05) is 23.0 Å². The van der Waals surface area contributed by atoms with Gasteiger partial charge in [-0.25, -0.2) is 8.42 Å². The van der Waals surface area contributed by atoms with Crippen LogP contribution >= 0.6 is 23.2 Å². The molecule has 1 saturated heterocycles. The van der Waals surface area contributed by atoms with Crippen molar-refractivity contribution in [1.29, 1.82) is 0 Å². The smallest absolute Gasteiger partial charge is 0.220 e. The number of halogens is 2. The van der Waals surface area contributed by atoms with Gasteiger partial charge in [0.1, 0.15) is 0 Å². The molecule has 0 aliphatic carbocycles. The van der Waals surface area contributed by atoms with Crippen LogP contribution in [-0.2, 0) is 21.2 Å². The van der Waals surface area contributed by atoms with Crippen molar-refractivity contribution in [3.63, 3.8) is 0 Å². The number of hydrogen-bond acceptors (Lipinski definition) is 3. The monoisotopic (exact) mass is 335 g/mol. The number of amides is 1. The van der Waals surface area contributed by atoms with E-state index >= 15 is 0 Å². The summed E-state index contributed by atoms with van der Waals surface area (Å²) in [7, 11) is -2.94. The molecule has 1 N–H and O–H groups in total. The average Bonchev–Trinajstić information content (AvgIpc) is 2.67. The van der Waals surface area contributed by atoms with E-state index in [4.69, 9.17) is 23.2 Å². The van der Waals surface area contributed by atoms with E-state index in [9.17, 15) is 13.2 Å². The number of carbonyl (C=O) groups is 1. The quantitative estimate of drug-likeness (QED) is 0.919. The average molecular weight is 336 g/mol. The Kier molecular flexibility index (Phi) is 4.94. The normalized spacial score (nSPS) is 20.8. The maximum Gasteiger partial charge on any atom is 0.220 e. The number of carbonyl (C=O) groups excluding carboxylic acids is 1. The van der Waals surface area contributed by atoms with E-state index in [1.54, 1.807) is 18.2 Å². The molecule has 0 aromatic heterocycles. The lowest BCUT2D eigenvalue weighted by Crippen LogP contribution is -2.25. The minimum absolute atomic E-state index is 0.0688. The molecule has 1 atom stereocenters. The Bertz CT molecular complexity index is 616. The third kappa shape index (κ3) is 4.36. The zero-order chi connectivity index (χ0) is 14.8. The Labute approximate surface area is 128 Å². The minimum atomic E-state index is -2.94. The summed E-state index contributed by atoms with van der Waals surface area (Å²) in [5.74, 6) is 0.0783. The summed E-state index contributed by atoms with van der Waals surface area (Å²) in [5.41, 5.74) is 0.781. The Balaban J connectivity index is 1.84. The van der Waals surface area contributed by atoms with E-state index < -0.39 is 9.84 Å². The Morgan fingerprint density at radius 1 is 1.35 bits per heavy atom. The highest BCUT2D eigenvalue weighted by Crippen LogP contribution is 2.22. The molecular weight excluding hydrogens is 321 g/mol. The lowest BCUT2D eigenvalue weighted by molar-refractivity contribution is -0.122. The molecule has 1 aromatic carbocycles. The first-order chi connectivity index (χ1) is 9.35. The van der Waals surface area contributed by atoms with Crippen LogP contribution in [-0.4, -0.2) is 25.8 Å². The van der Waals surface area contributed by atoms with Crippen LogP contribution < -0.4 is 5.32 Å². The van der Waals surface area contributed by atoms with Gasteiger partial charge < -0.3 is 5.32 Å². The van der Waals surface area contributed by atoms with Crippen LogP contribution in [0.1, 0.15) is 18.4 Å². The third-order valence-corrected chi connectivity index (χ3v) is 5.72. The summed E-state index contributed by atoms with van der Waals surface area (Å²) in [6, 6.07) is 5.08. The highest BCUT2D eigenvalue weighted by Gasteiger charge is 2.29. The fourth-order valence-corrected chi connectivity index (χ4v) is 4.56. The molecule has 1 amide bonds. The summed E-state index contributed by atoms with van der Waals surface area (Å²) < 4.78 is 22.6. The van der Waals surface area contributed by atoms with Crippen molar-refractivity contribution >= 4 is 38.9 Å². The molecule has 1 heterocycles. The molecule has 0 spiro atoms. The highest BCUT2D eigenvalue weighted by atomic mass is 35.5. The van der Waals surface area contributed by atoms with Crippen LogP contribution in [0, 0.1) is 5.92 Å². The van der Waals surface area contributed by atoms with Gasteiger partial charge in [0.05, 0.1) is 11.5 Å². The van der Waals surface area contributed by atoms with Gasteiger partial charge in [-0.3, -0.25) is 4.79 Å². The summed E-state index contributed by atoms with van der Waals surface area (Å²) in [4.78, 5) is 11.8. The topological polar surface area (TPSA) is 63.2 Å². The van der Waals surface area contributed by atoms with Crippen molar-refractivity contribution in [2.45, 2.75) is 19.4 Å². The first-order valence-corrected chi connectivity index (χ1v) is 8.84. The predicted octanol–water partition coefficient (Wildman–Crippen LogP) is 2.43. The molecule has 1 fully saturated rings. The van der Waals surface area contributed by atoms with Crippen LogP contribution in [0.25, 0.3) is 0 Å². The summed E-state index contributed by atoms with van der Waals surface area (Å²) in [6.45, 7) is 0.314. The number of sulfone groups is 1. The molecule has 1 aromatic rings. The summed E-state index contributed by atoms with van der Waals surface area (Å²) >= 11 is 11.8. The Morgan fingerprint density at radius 3 is 2.70 bits per heavy atom. The molecule has 4 nitrogen and oxygen atoms in total. The Hall–Kier alpha value is -0.780. The van der Waals surface area contributed by atoms with E-state index in [2.05, 4.69) is 5.32 Å². The van der Waals surface area contributed by atoms with Crippen molar-refractivity contribution in [2.75, 3.05) is 11.5 Å². The molecule has 7 heteroatoms. The standard InChI is InChI=1S/C13H15Cl2NO3S/c14-11-2-1-10(12(15)6-11)7-16-13(17)5-9-3-4-20(18,19)8-9/h1-2,6,9H,3-5,7-8H2,(H,16,17)/t9-/m1/s1. The van der Waals surface area contributed by atoms with Gasteiger partial charge in [0.15, 0.2) is 9.84 Å². The first kappa shape index (κ1) is 15.6. The minimum Gasteiger partial charge on any atom is -0.352 e. The molecule has 1 aliphatic rings. The van der Waals surface area contributed by atoms with Crippen molar-refractivity contribution in [2.24, 2.45) is 5.92 Å². The van der Waals surface area contributed by atoms with Crippen molar-refractivity contribution in [3.05, 3.63) is 33.8 Å². The van der Waals surface area contributed by atoms with Crippen LogP contribution in [0.4, 0.5) is 0 Å². The number of nitrogens with one attached hydrogen (secondary N) is 1. The SMILES string of the molecule is O=C(C[C@H]1CCS(=O)(=O)C1)NCc1ccc(Cl)cc1Cl. The number of rotatable bonds is 4. The van der Waals surface area contributed by atoms with Crippen LogP contribution in [0.2, 0.25) is 10.0 Å². The third-order valence-electron chi connectivity index (χ3n) is 3.29. The van der Waals surface area contributed by atoms with E-state index in [-0.39, 0.29) is 29.8 Å². The molecule has 110 valence electrons.